The van der Waals surface area contributed by atoms with Gasteiger partial charge in [-0.3, -0.25) is 9.59 Å². The van der Waals surface area contributed by atoms with E-state index in [0.29, 0.717) is 0 Å². The van der Waals surface area contributed by atoms with E-state index in [4.69, 9.17) is 5.11 Å². The van der Waals surface area contributed by atoms with Crippen LogP contribution < -0.4 is 0 Å². The van der Waals surface area contributed by atoms with Crippen LogP contribution in [-0.4, -0.2) is 22.2 Å². The van der Waals surface area contributed by atoms with Crippen LogP contribution in [0.5, 0.6) is 0 Å². The Hall–Kier alpha value is -1.06. The number of carbonyl (C=O) groups is 2. The first-order valence-corrected chi connectivity index (χ1v) is 9.02. The Bertz CT molecular complexity index is 289. The zero-order valence-corrected chi connectivity index (χ0v) is 14.2. The highest BCUT2D eigenvalue weighted by Crippen LogP contribution is 2.19. The number of hydrogen-bond donors (Lipinski definition) is 2. The second-order valence-corrected chi connectivity index (χ2v) is 6.29. The Balaban J connectivity index is 3.53. The lowest BCUT2D eigenvalue weighted by Gasteiger charge is -2.12. The van der Waals surface area contributed by atoms with Gasteiger partial charge in [0.2, 0.25) is 0 Å². The first-order valence-electron chi connectivity index (χ1n) is 9.02. The molecular weight excluding hydrogens is 280 g/mol. The summed E-state index contributed by atoms with van der Waals surface area (Å²) in [4.78, 5) is 21.6. The molecule has 0 aromatic rings. The van der Waals surface area contributed by atoms with Crippen molar-refractivity contribution in [1.82, 2.24) is 0 Å². The summed E-state index contributed by atoms with van der Waals surface area (Å²) in [7, 11) is 0. The molecule has 0 aliphatic rings. The van der Waals surface area contributed by atoms with Gasteiger partial charge in [0, 0.05) is 6.42 Å². The van der Waals surface area contributed by atoms with Crippen molar-refractivity contribution in [2.45, 2.75) is 96.8 Å². The molecule has 130 valence electrons. The molecule has 0 fully saturated rings. The van der Waals surface area contributed by atoms with Crippen molar-refractivity contribution in [3.63, 3.8) is 0 Å². The SMILES string of the molecule is CCCCCCCC(CCCCCCCCC(=O)O)C(=O)O. The molecule has 0 aliphatic heterocycles. The van der Waals surface area contributed by atoms with E-state index >= 15 is 0 Å². The second kappa shape index (κ2) is 14.9. The Kier molecular flexibility index (Phi) is 14.1. The van der Waals surface area contributed by atoms with Crippen LogP contribution in [0.4, 0.5) is 0 Å². The van der Waals surface area contributed by atoms with E-state index in [9.17, 15) is 14.7 Å². The van der Waals surface area contributed by atoms with Crippen LogP contribution in [0.3, 0.4) is 0 Å². The molecule has 0 saturated heterocycles. The molecule has 0 spiro atoms. The molecule has 0 rings (SSSR count). The van der Waals surface area contributed by atoms with Gasteiger partial charge < -0.3 is 10.2 Å². The maximum absolute atomic E-state index is 11.2. The summed E-state index contributed by atoms with van der Waals surface area (Å²) in [6.07, 6.45) is 13.6. The van der Waals surface area contributed by atoms with Gasteiger partial charge in [0.1, 0.15) is 0 Å². The van der Waals surface area contributed by atoms with Crippen LogP contribution in [0.25, 0.3) is 0 Å². The highest BCUT2D eigenvalue weighted by Gasteiger charge is 2.16. The van der Waals surface area contributed by atoms with Crippen LogP contribution in [0, 0.1) is 5.92 Å². The number of hydrogen-bond acceptors (Lipinski definition) is 2. The highest BCUT2D eigenvalue weighted by molar-refractivity contribution is 5.69. The van der Waals surface area contributed by atoms with Crippen LogP contribution in [-0.2, 0) is 9.59 Å². The molecule has 1 unspecified atom stereocenters. The van der Waals surface area contributed by atoms with Crippen molar-refractivity contribution in [2.24, 2.45) is 5.92 Å². The summed E-state index contributed by atoms with van der Waals surface area (Å²) in [5.41, 5.74) is 0. The van der Waals surface area contributed by atoms with Gasteiger partial charge in [0.15, 0.2) is 0 Å². The van der Waals surface area contributed by atoms with Gasteiger partial charge in [-0.1, -0.05) is 71.1 Å². The number of aliphatic carboxylic acids is 2. The fraction of sp³-hybridized carbons (Fsp3) is 0.889. The molecule has 4 heteroatoms. The van der Waals surface area contributed by atoms with E-state index in [1.807, 2.05) is 0 Å². The molecule has 2 N–H and O–H groups in total. The predicted octanol–water partition coefficient (Wildman–Crippen LogP) is 5.25. The zero-order valence-electron chi connectivity index (χ0n) is 14.2. The standard InChI is InChI=1S/C18H34O4/c1-2-3-4-7-10-13-16(18(21)22)14-11-8-5-6-9-12-15-17(19)20/h16H,2-15H2,1H3,(H,19,20)(H,21,22). The van der Waals surface area contributed by atoms with Gasteiger partial charge in [0.05, 0.1) is 5.92 Å². The molecule has 0 aromatic heterocycles. The lowest BCUT2D eigenvalue weighted by molar-refractivity contribution is -0.142. The van der Waals surface area contributed by atoms with Crippen LogP contribution in [0.2, 0.25) is 0 Å². The number of rotatable bonds is 16. The van der Waals surface area contributed by atoms with E-state index in [0.717, 1.165) is 64.2 Å². The van der Waals surface area contributed by atoms with Crippen LogP contribution in [0.15, 0.2) is 0 Å². The number of carboxylic acid groups (broad SMARTS) is 2. The lowest BCUT2D eigenvalue weighted by atomic mass is 9.94. The molecular formula is C18H34O4. The first kappa shape index (κ1) is 20.9. The summed E-state index contributed by atoms with van der Waals surface area (Å²) < 4.78 is 0. The molecule has 0 amide bonds. The van der Waals surface area contributed by atoms with Gasteiger partial charge in [0.25, 0.3) is 0 Å². The smallest absolute Gasteiger partial charge is 0.306 e. The molecule has 1 atom stereocenters. The third-order valence-electron chi connectivity index (χ3n) is 4.20. The molecule has 0 aromatic carbocycles. The van der Waals surface area contributed by atoms with E-state index in [2.05, 4.69) is 6.92 Å². The minimum absolute atomic E-state index is 0.173. The quantitative estimate of drug-likeness (QED) is 0.381. The molecule has 4 nitrogen and oxygen atoms in total. The molecule has 0 bridgehead atoms. The van der Waals surface area contributed by atoms with Crippen LogP contribution >= 0.6 is 0 Å². The Morgan fingerprint density at radius 3 is 1.64 bits per heavy atom. The van der Waals surface area contributed by atoms with Gasteiger partial charge >= 0.3 is 11.9 Å². The summed E-state index contributed by atoms with van der Waals surface area (Å²) in [6.45, 7) is 2.18. The summed E-state index contributed by atoms with van der Waals surface area (Å²) >= 11 is 0. The third-order valence-corrected chi connectivity index (χ3v) is 4.20. The normalized spacial score (nSPS) is 12.2. The maximum atomic E-state index is 11.2. The van der Waals surface area contributed by atoms with E-state index in [1.54, 1.807) is 0 Å². The zero-order chi connectivity index (χ0) is 16.6. The predicted molar refractivity (Wildman–Crippen MR) is 89.1 cm³/mol. The fourth-order valence-corrected chi connectivity index (χ4v) is 2.76. The van der Waals surface area contributed by atoms with Gasteiger partial charge in [-0.15, -0.1) is 0 Å². The molecule has 22 heavy (non-hydrogen) atoms. The van der Waals surface area contributed by atoms with E-state index < -0.39 is 11.9 Å². The van der Waals surface area contributed by atoms with Gasteiger partial charge in [-0.05, 0) is 19.3 Å². The minimum atomic E-state index is -0.719. The van der Waals surface area contributed by atoms with E-state index in [1.165, 1.54) is 19.3 Å². The van der Waals surface area contributed by atoms with Crippen molar-refractivity contribution in [1.29, 1.82) is 0 Å². The lowest BCUT2D eigenvalue weighted by Crippen LogP contribution is -2.13. The summed E-state index contributed by atoms with van der Waals surface area (Å²) in [6, 6.07) is 0. The van der Waals surface area contributed by atoms with Crippen molar-refractivity contribution in [2.75, 3.05) is 0 Å². The van der Waals surface area contributed by atoms with E-state index in [-0.39, 0.29) is 12.3 Å². The Labute approximate surface area is 135 Å². The van der Waals surface area contributed by atoms with Crippen molar-refractivity contribution in [3.8, 4) is 0 Å². The molecule has 0 heterocycles. The highest BCUT2D eigenvalue weighted by atomic mass is 16.4. The Morgan fingerprint density at radius 2 is 1.18 bits per heavy atom. The molecule has 0 saturated carbocycles. The molecule has 0 aliphatic carbocycles. The number of unbranched alkanes of at least 4 members (excludes halogenated alkanes) is 9. The van der Waals surface area contributed by atoms with Crippen LogP contribution in [0.1, 0.15) is 96.8 Å². The Morgan fingerprint density at radius 1 is 0.727 bits per heavy atom. The molecule has 0 radical (unpaired) electrons. The monoisotopic (exact) mass is 314 g/mol. The van der Waals surface area contributed by atoms with Gasteiger partial charge in [-0.2, -0.15) is 0 Å². The largest absolute Gasteiger partial charge is 0.481 e. The summed E-state index contributed by atoms with van der Waals surface area (Å²) in [5.74, 6) is -1.53. The third kappa shape index (κ3) is 13.9. The average molecular weight is 314 g/mol. The number of carboxylic acids is 2. The fourth-order valence-electron chi connectivity index (χ4n) is 2.76. The first-order chi connectivity index (χ1) is 10.6. The van der Waals surface area contributed by atoms with Crippen molar-refractivity contribution >= 4 is 11.9 Å². The van der Waals surface area contributed by atoms with Crippen molar-refractivity contribution in [3.05, 3.63) is 0 Å². The summed E-state index contributed by atoms with van der Waals surface area (Å²) in [5, 5.41) is 17.8. The van der Waals surface area contributed by atoms with Crippen molar-refractivity contribution < 1.29 is 19.8 Å². The maximum Gasteiger partial charge on any atom is 0.306 e. The van der Waals surface area contributed by atoms with Gasteiger partial charge in [-0.25, -0.2) is 0 Å². The second-order valence-electron chi connectivity index (χ2n) is 6.29. The topological polar surface area (TPSA) is 74.6 Å². The average Bonchev–Trinajstić information content (AvgIpc) is 2.46. The minimum Gasteiger partial charge on any atom is -0.481 e.